The maximum atomic E-state index is 10.4. The Morgan fingerprint density at radius 1 is 0.372 bits per heavy atom. The van der Waals surface area contributed by atoms with E-state index in [0.717, 1.165) is 25.7 Å². The van der Waals surface area contributed by atoms with E-state index in [9.17, 15) is 18.9 Å². The van der Waals surface area contributed by atoms with E-state index in [1.165, 1.54) is 154 Å². The molecule has 0 rings (SSSR count). The maximum absolute atomic E-state index is 10.4. The second kappa shape index (κ2) is 44.3. The van der Waals surface area contributed by atoms with Gasteiger partial charge in [-0.25, -0.2) is 0 Å². The number of allylic oxidation sites excluding steroid dienone is 4. The van der Waals surface area contributed by atoms with E-state index >= 15 is 0 Å². The number of rotatable bonds is 32. The number of hydrogen-bond donors (Lipinski definition) is 0. The third kappa shape index (κ3) is 52.0. The van der Waals surface area contributed by atoms with E-state index < -0.39 is 16.1 Å². The molecule has 0 amide bonds. The average molecular weight is 681 g/mol. The summed E-state index contributed by atoms with van der Waals surface area (Å²) in [5, 5.41) is 0. The van der Waals surface area contributed by atoms with Gasteiger partial charge in [0.25, 0.3) is 0 Å². The van der Waals surface area contributed by atoms with Crippen molar-refractivity contribution in [3.05, 3.63) is 24.3 Å². The molecule has 2 atom stereocenters. The van der Waals surface area contributed by atoms with Crippen LogP contribution in [0.1, 0.15) is 194 Å². The molecule has 2 unspecified atom stereocenters. The zero-order chi connectivity index (χ0) is 31.2. The fraction of sp³-hybridized carbons (Fsp3) is 0.889. The minimum Gasteiger partial charge on any atom is -0.596 e. The Hall–Kier alpha value is 0.132. The van der Waals surface area contributed by atoms with Gasteiger partial charge in [-0.1, -0.05) is 150 Å². The summed E-state index contributed by atoms with van der Waals surface area (Å²) in [6.45, 7) is 4.52. The molecule has 0 saturated heterocycles. The first-order valence-electron chi connectivity index (χ1n) is 18.1. The van der Waals surface area contributed by atoms with Gasteiger partial charge in [-0.2, -0.15) is 0 Å². The minimum atomic E-state index is -2.15. The molecule has 43 heavy (non-hydrogen) atoms. The van der Waals surface area contributed by atoms with Crippen molar-refractivity contribution in [2.24, 2.45) is 0 Å². The molecule has 0 heterocycles. The fourth-order valence-corrected chi connectivity index (χ4v) is 5.94. The van der Waals surface area contributed by atoms with Crippen LogP contribution in [-0.2, 0) is 26.5 Å². The molecule has 0 fully saturated rings. The van der Waals surface area contributed by atoms with Gasteiger partial charge < -0.3 is 9.79 Å². The molecule has 0 N–H and O–H groups in total. The summed E-state index contributed by atoms with van der Waals surface area (Å²) in [4.78, 5) is 20.8. The van der Waals surface area contributed by atoms with E-state index in [2.05, 4.69) is 38.2 Å². The summed E-state index contributed by atoms with van der Waals surface area (Å²) in [5.41, 5.74) is 0. The van der Waals surface area contributed by atoms with Crippen molar-refractivity contribution >= 4 is 16.1 Å². The van der Waals surface area contributed by atoms with Crippen molar-refractivity contribution in [1.29, 1.82) is 0 Å². The molecule has 0 aromatic heterocycles. The Balaban J connectivity index is -0.000000727. The summed E-state index contributed by atoms with van der Waals surface area (Å²) in [5.74, 6) is 0. The van der Waals surface area contributed by atoms with Gasteiger partial charge >= 0.3 is 33.4 Å². The summed E-state index contributed by atoms with van der Waals surface area (Å²) in [6, 6.07) is 0. The molecular weight excluding hydrogens is 610 g/mol. The molecule has 0 aromatic carbocycles. The second-order valence-electron chi connectivity index (χ2n) is 12.0. The molecule has 0 radical (unpaired) electrons. The second-order valence-corrected chi connectivity index (χ2v) is 14.2. The molecule has 0 saturated carbocycles. The summed E-state index contributed by atoms with van der Waals surface area (Å²) >= 11 is 0. The summed E-state index contributed by atoms with van der Waals surface area (Å²) in [7, 11) is -4.30. The zero-order valence-corrected chi connectivity index (χ0v) is 31.5. The van der Waals surface area contributed by atoms with Crippen LogP contribution < -0.4 is 9.79 Å². The average Bonchev–Trinajstić information content (AvgIpc) is 2.97. The Morgan fingerprint density at radius 2 is 0.581 bits per heavy atom. The van der Waals surface area contributed by atoms with Crippen molar-refractivity contribution in [3.8, 4) is 0 Å². The van der Waals surface area contributed by atoms with Gasteiger partial charge in [0, 0.05) is 0 Å². The normalized spacial score (nSPS) is 11.9. The first-order valence-corrected chi connectivity index (χ1v) is 20.8. The third-order valence-electron chi connectivity index (χ3n) is 7.70. The van der Waals surface area contributed by atoms with E-state index in [4.69, 9.17) is 0 Å². The van der Waals surface area contributed by atoms with Gasteiger partial charge in [0.2, 0.25) is 0 Å². The van der Waals surface area contributed by atoms with Crippen LogP contribution in [0.25, 0.3) is 0 Å². The Labute approximate surface area is 281 Å². The maximum Gasteiger partial charge on any atom is 2.00 e. The number of unbranched alkanes of at least 4 members (excludes halogenated alkanes) is 24. The van der Waals surface area contributed by atoms with Gasteiger partial charge in [0.15, 0.2) is 0 Å². The van der Waals surface area contributed by atoms with Gasteiger partial charge in [0.1, 0.15) is 12.3 Å². The minimum absolute atomic E-state index is 0. The van der Waals surface area contributed by atoms with Crippen molar-refractivity contribution in [2.45, 2.75) is 194 Å². The topological polar surface area (TPSA) is 80.3 Å². The zero-order valence-electron chi connectivity index (χ0n) is 28.5. The Morgan fingerprint density at radius 3 is 0.814 bits per heavy atom. The molecule has 0 aliphatic heterocycles. The Bertz CT molecular complexity index is 562. The van der Waals surface area contributed by atoms with Gasteiger partial charge in [0.05, 0.1) is 0 Å². The van der Waals surface area contributed by atoms with E-state index in [1.807, 2.05) is 0 Å². The molecule has 0 aliphatic carbocycles. The third-order valence-corrected chi connectivity index (χ3v) is 9.07. The largest absolute Gasteiger partial charge is 2.00 e. The monoisotopic (exact) mass is 680 g/mol. The van der Waals surface area contributed by atoms with Crippen molar-refractivity contribution in [2.75, 3.05) is 12.3 Å². The van der Waals surface area contributed by atoms with Crippen molar-refractivity contribution in [3.63, 3.8) is 0 Å². The van der Waals surface area contributed by atoms with E-state index in [0.29, 0.717) is 12.3 Å². The smallest absolute Gasteiger partial charge is 0.596 e. The quantitative estimate of drug-likeness (QED) is 0.0402. The standard InChI is InChI=1S/2C18H35O2P.Cr/c2*1-2-3-4-5-6-7-8-9-10-11-12-13-14-15-16-17-18-21(19)20;/h2*9-10H,2-8,11-18H2,1H3;/q;;+2. The van der Waals surface area contributed by atoms with Crippen LogP contribution in [0.3, 0.4) is 0 Å². The van der Waals surface area contributed by atoms with Gasteiger partial charge in [-0.3, -0.25) is 0 Å². The van der Waals surface area contributed by atoms with Gasteiger partial charge in [-0.05, 0) is 77.0 Å². The number of hydrogen-bond acceptors (Lipinski definition) is 4. The molecule has 7 heteroatoms. The molecular formula is C36H70CrO4P2+2. The fourth-order valence-electron chi connectivity index (χ4n) is 4.98. The van der Waals surface area contributed by atoms with Crippen LogP contribution in [0.15, 0.2) is 24.3 Å². The molecule has 0 spiro atoms. The predicted octanol–water partition coefficient (Wildman–Crippen LogP) is 12.3. The van der Waals surface area contributed by atoms with Crippen molar-refractivity contribution in [1.82, 2.24) is 0 Å². The van der Waals surface area contributed by atoms with Crippen LogP contribution in [0.2, 0.25) is 0 Å². The van der Waals surface area contributed by atoms with Crippen LogP contribution in [0.4, 0.5) is 0 Å². The first kappa shape index (κ1) is 47.5. The first-order chi connectivity index (χ1) is 20.5. The summed E-state index contributed by atoms with van der Waals surface area (Å²) < 4.78 is 20.8. The Kier molecular flexibility index (Phi) is 48.9. The molecule has 0 aromatic rings. The van der Waals surface area contributed by atoms with Crippen LogP contribution in [-0.4, -0.2) is 12.3 Å². The SMILES string of the molecule is CCCCCCCCC=CCCCCCCCC[P+](=O)[O-].CCCCCCCCC=CCCCCCCCC[P+](=O)[O-].[Cr+2]. The van der Waals surface area contributed by atoms with Crippen LogP contribution >= 0.6 is 16.1 Å². The van der Waals surface area contributed by atoms with Crippen molar-refractivity contribution < 1.29 is 36.3 Å². The van der Waals surface area contributed by atoms with E-state index in [1.54, 1.807) is 0 Å². The molecule has 0 bridgehead atoms. The summed E-state index contributed by atoms with van der Waals surface area (Å²) in [6.07, 6.45) is 45.4. The van der Waals surface area contributed by atoms with E-state index in [-0.39, 0.29) is 17.4 Å². The molecule has 4 nitrogen and oxygen atoms in total. The van der Waals surface area contributed by atoms with Crippen LogP contribution in [0, 0.1) is 0 Å². The van der Waals surface area contributed by atoms with Gasteiger partial charge in [-0.15, -0.1) is 0 Å². The molecule has 252 valence electrons. The van der Waals surface area contributed by atoms with Crippen LogP contribution in [0.5, 0.6) is 0 Å². The molecule has 0 aliphatic rings. The predicted molar refractivity (Wildman–Crippen MR) is 184 cm³/mol.